The number of benzene rings is 1. The third-order valence-electron chi connectivity index (χ3n) is 4.10. The smallest absolute Gasteiger partial charge is 0.242 e. The first-order chi connectivity index (χ1) is 10.9. The minimum atomic E-state index is -3.74. The first-order valence-corrected chi connectivity index (χ1v) is 9.18. The Labute approximate surface area is 141 Å². The predicted molar refractivity (Wildman–Crippen MR) is 87.8 cm³/mol. The Hall–Kier alpha value is -1.17. The molecule has 23 heavy (non-hydrogen) atoms. The van der Waals surface area contributed by atoms with Gasteiger partial charge in [0.1, 0.15) is 4.90 Å². The van der Waals surface area contributed by atoms with Gasteiger partial charge in [0, 0.05) is 19.1 Å². The lowest BCUT2D eigenvalue weighted by atomic mass is 9.80. The summed E-state index contributed by atoms with van der Waals surface area (Å²) in [6, 6.07) is 6.08. The van der Waals surface area contributed by atoms with E-state index in [1.165, 1.54) is 18.2 Å². The number of rotatable bonds is 6. The van der Waals surface area contributed by atoms with Gasteiger partial charge in [0.05, 0.1) is 23.3 Å². The fraction of sp³-hybridized carbons (Fsp3) is 0.533. The lowest BCUT2D eigenvalue weighted by molar-refractivity contribution is 0.0577. The average molecular weight is 358 g/mol. The second kappa shape index (κ2) is 7.60. The lowest BCUT2D eigenvalue weighted by Crippen LogP contribution is -2.47. The topological polar surface area (TPSA) is 91.2 Å². The molecular formula is C15H20ClN3O3S. The minimum Gasteiger partial charge on any atom is -0.384 e. The minimum absolute atomic E-state index is 0.0142. The highest BCUT2D eigenvalue weighted by atomic mass is 35.5. The first kappa shape index (κ1) is 18.2. The van der Waals surface area contributed by atoms with Gasteiger partial charge in [-0.1, -0.05) is 11.6 Å². The number of nitrogens with zero attached hydrogens (tertiary/aromatic N) is 1. The molecule has 1 aliphatic heterocycles. The second-order valence-electron chi connectivity index (χ2n) is 5.76. The SMILES string of the molecule is COCC1(CNS(=O)(=O)c2ccc(C#N)cc2Cl)CCNCC1. The monoisotopic (exact) mass is 357 g/mol. The summed E-state index contributed by atoms with van der Waals surface area (Å²) in [5, 5.41) is 12.1. The van der Waals surface area contributed by atoms with Gasteiger partial charge in [-0.05, 0) is 44.1 Å². The van der Waals surface area contributed by atoms with Crippen molar-refractivity contribution >= 4 is 21.6 Å². The molecular weight excluding hydrogens is 338 g/mol. The second-order valence-corrected chi connectivity index (χ2v) is 7.91. The third kappa shape index (κ3) is 4.43. The van der Waals surface area contributed by atoms with Crippen LogP contribution in [0.2, 0.25) is 5.02 Å². The van der Waals surface area contributed by atoms with E-state index in [0.29, 0.717) is 18.7 Å². The van der Waals surface area contributed by atoms with Crippen LogP contribution < -0.4 is 10.0 Å². The Kier molecular flexibility index (Phi) is 6.00. The summed E-state index contributed by atoms with van der Waals surface area (Å²) in [5.41, 5.74) is 0.106. The van der Waals surface area contributed by atoms with E-state index >= 15 is 0 Å². The van der Waals surface area contributed by atoms with E-state index in [9.17, 15) is 8.42 Å². The van der Waals surface area contributed by atoms with Crippen LogP contribution in [-0.4, -0.2) is 41.8 Å². The summed E-state index contributed by atoms with van der Waals surface area (Å²) in [6.07, 6.45) is 1.68. The van der Waals surface area contributed by atoms with Crippen molar-refractivity contribution in [1.29, 1.82) is 5.26 Å². The van der Waals surface area contributed by atoms with Crippen molar-refractivity contribution in [1.82, 2.24) is 10.0 Å². The molecule has 1 fully saturated rings. The summed E-state index contributed by atoms with van der Waals surface area (Å²) in [5.74, 6) is 0. The highest BCUT2D eigenvalue weighted by Gasteiger charge is 2.34. The molecule has 1 saturated heterocycles. The zero-order chi connectivity index (χ0) is 16.9. The van der Waals surface area contributed by atoms with Gasteiger partial charge in [0.2, 0.25) is 10.0 Å². The van der Waals surface area contributed by atoms with Gasteiger partial charge in [0.15, 0.2) is 0 Å². The van der Waals surface area contributed by atoms with Crippen molar-refractivity contribution in [3.8, 4) is 6.07 Å². The molecule has 1 aliphatic rings. The third-order valence-corrected chi connectivity index (χ3v) is 5.99. The summed E-state index contributed by atoms with van der Waals surface area (Å²) >= 11 is 6.01. The van der Waals surface area contributed by atoms with Crippen LogP contribution >= 0.6 is 11.6 Å². The summed E-state index contributed by atoms with van der Waals surface area (Å²) in [4.78, 5) is -0.0142. The Morgan fingerprint density at radius 3 is 2.70 bits per heavy atom. The number of hydrogen-bond donors (Lipinski definition) is 2. The van der Waals surface area contributed by atoms with Crippen LogP contribution in [0.4, 0.5) is 0 Å². The van der Waals surface area contributed by atoms with Gasteiger partial charge < -0.3 is 10.1 Å². The molecule has 1 aromatic carbocycles. The number of nitriles is 1. The Morgan fingerprint density at radius 1 is 1.43 bits per heavy atom. The zero-order valence-corrected chi connectivity index (χ0v) is 14.5. The van der Waals surface area contributed by atoms with Crippen LogP contribution in [-0.2, 0) is 14.8 Å². The van der Waals surface area contributed by atoms with Gasteiger partial charge in [-0.3, -0.25) is 0 Å². The molecule has 1 aromatic rings. The number of hydrogen-bond acceptors (Lipinski definition) is 5. The predicted octanol–water partition coefficient (Wildman–Crippen LogP) is 1.51. The van der Waals surface area contributed by atoms with Gasteiger partial charge in [-0.2, -0.15) is 5.26 Å². The summed E-state index contributed by atoms with van der Waals surface area (Å²) in [7, 11) is -2.12. The quantitative estimate of drug-likeness (QED) is 0.805. The Balaban J connectivity index is 2.16. The summed E-state index contributed by atoms with van der Waals surface area (Å²) in [6.45, 7) is 2.46. The molecule has 0 radical (unpaired) electrons. The number of piperidine rings is 1. The standard InChI is InChI=1S/C15H20ClN3O3S/c1-22-11-15(4-6-18-7-5-15)10-19-23(20,21)14-3-2-12(9-17)8-13(14)16/h2-3,8,18-19H,4-7,10-11H2,1H3. The Morgan fingerprint density at radius 2 is 2.13 bits per heavy atom. The molecule has 8 heteroatoms. The van der Waals surface area contributed by atoms with E-state index in [4.69, 9.17) is 21.6 Å². The maximum atomic E-state index is 12.5. The molecule has 0 saturated carbocycles. The van der Waals surface area contributed by atoms with Crippen LogP contribution in [0.5, 0.6) is 0 Å². The van der Waals surface area contributed by atoms with Crippen LogP contribution in [0, 0.1) is 16.7 Å². The molecule has 0 unspecified atom stereocenters. The van der Waals surface area contributed by atoms with Crippen molar-refractivity contribution < 1.29 is 13.2 Å². The van der Waals surface area contributed by atoms with E-state index in [1.807, 2.05) is 6.07 Å². The van der Waals surface area contributed by atoms with Crippen molar-refractivity contribution in [2.24, 2.45) is 5.41 Å². The highest BCUT2D eigenvalue weighted by molar-refractivity contribution is 7.89. The molecule has 2 N–H and O–H groups in total. The van der Waals surface area contributed by atoms with Gasteiger partial charge in [0.25, 0.3) is 0 Å². The number of halogens is 1. The maximum Gasteiger partial charge on any atom is 0.242 e. The number of ether oxygens (including phenoxy) is 1. The number of nitrogens with one attached hydrogen (secondary N) is 2. The molecule has 2 rings (SSSR count). The molecule has 0 spiro atoms. The van der Waals surface area contributed by atoms with Gasteiger partial charge in [-0.15, -0.1) is 0 Å². The highest BCUT2D eigenvalue weighted by Crippen LogP contribution is 2.29. The van der Waals surface area contributed by atoms with Crippen molar-refractivity contribution in [2.75, 3.05) is 33.4 Å². The first-order valence-electron chi connectivity index (χ1n) is 7.31. The lowest BCUT2D eigenvalue weighted by Gasteiger charge is -2.37. The molecule has 6 nitrogen and oxygen atoms in total. The van der Waals surface area contributed by atoms with Crippen LogP contribution in [0.25, 0.3) is 0 Å². The van der Waals surface area contributed by atoms with Crippen molar-refractivity contribution in [2.45, 2.75) is 17.7 Å². The van der Waals surface area contributed by atoms with E-state index in [0.717, 1.165) is 25.9 Å². The van der Waals surface area contributed by atoms with E-state index < -0.39 is 10.0 Å². The fourth-order valence-electron chi connectivity index (χ4n) is 2.75. The van der Waals surface area contributed by atoms with E-state index in [2.05, 4.69) is 10.0 Å². The van der Waals surface area contributed by atoms with Crippen LogP contribution in [0.1, 0.15) is 18.4 Å². The van der Waals surface area contributed by atoms with Crippen molar-refractivity contribution in [3.05, 3.63) is 28.8 Å². The Bertz CT molecular complexity index is 689. The molecule has 1 heterocycles. The molecule has 0 aliphatic carbocycles. The van der Waals surface area contributed by atoms with Crippen LogP contribution in [0.15, 0.2) is 23.1 Å². The van der Waals surface area contributed by atoms with Crippen LogP contribution in [0.3, 0.4) is 0 Å². The zero-order valence-electron chi connectivity index (χ0n) is 12.9. The van der Waals surface area contributed by atoms with E-state index in [-0.39, 0.29) is 15.3 Å². The molecule has 0 aromatic heterocycles. The normalized spacial score (nSPS) is 17.6. The fourth-order valence-corrected chi connectivity index (χ4v) is 4.45. The molecule has 0 amide bonds. The van der Waals surface area contributed by atoms with Gasteiger partial charge >= 0.3 is 0 Å². The van der Waals surface area contributed by atoms with E-state index in [1.54, 1.807) is 7.11 Å². The molecule has 0 bridgehead atoms. The molecule has 126 valence electrons. The summed E-state index contributed by atoms with van der Waals surface area (Å²) < 4.78 is 32.9. The largest absolute Gasteiger partial charge is 0.384 e. The average Bonchev–Trinajstić information content (AvgIpc) is 2.54. The molecule has 0 atom stereocenters. The number of sulfonamides is 1. The maximum absolute atomic E-state index is 12.5. The number of methoxy groups -OCH3 is 1. The van der Waals surface area contributed by atoms with Crippen molar-refractivity contribution in [3.63, 3.8) is 0 Å². The van der Waals surface area contributed by atoms with Gasteiger partial charge in [-0.25, -0.2) is 13.1 Å².